The van der Waals surface area contributed by atoms with Gasteiger partial charge in [-0.2, -0.15) is 5.10 Å². The van der Waals surface area contributed by atoms with Gasteiger partial charge in [0, 0.05) is 24.8 Å². The van der Waals surface area contributed by atoms with Gasteiger partial charge in [0.05, 0.1) is 5.69 Å². The van der Waals surface area contributed by atoms with Gasteiger partial charge in [-0.15, -0.1) is 0 Å². The second-order valence-electron chi connectivity index (χ2n) is 4.93. The Morgan fingerprint density at radius 3 is 2.76 bits per heavy atom. The van der Waals surface area contributed by atoms with Gasteiger partial charge in [0.25, 0.3) is 5.56 Å². The normalized spacial score (nSPS) is 10.8. The van der Waals surface area contributed by atoms with Crippen molar-refractivity contribution < 1.29 is 0 Å². The van der Waals surface area contributed by atoms with Gasteiger partial charge in [-0.05, 0) is 31.2 Å². The molecule has 0 bridgehead atoms. The third-order valence-electron chi connectivity index (χ3n) is 3.26. The highest BCUT2D eigenvalue weighted by atomic mass is 16.1. The van der Waals surface area contributed by atoms with Crippen molar-refractivity contribution in [3.8, 4) is 11.4 Å². The Bertz CT molecular complexity index is 590. The van der Waals surface area contributed by atoms with E-state index in [2.05, 4.69) is 22.3 Å². The largest absolute Gasteiger partial charge is 0.313 e. The molecule has 2 heterocycles. The predicted octanol–water partition coefficient (Wildman–Crippen LogP) is 2.21. The Morgan fingerprint density at radius 2 is 2.10 bits per heavy atom. The van der Waals surface area contributed by atoms with Gasteiger partial charge in [-0.3, -0.25) is 9.78 Å². The van der Waals surface area contributed by atoms with E-state index in [9.17, 15) is 4.79 Å². The molecule has 0 atom stereocenters. The first-order chi connectivity index (χ1) is 10.3. The summed E-state index contributed by atoms with van der Waals surface area (Å²) in [5.41, 5.74) is 2.27. The maximum Gasteiger partial charge on any atom is 0.271 e. The fourth-order valence-corrected chi connectivity index (χ4v) is 2.08. The van der Waals surface area contributed by atoms with Crippen LogP contribution in [0.25, 0.3) is 11.4 Å². The van der Waals surface area contributed by atoms with Gasteiger partial charge in [0.1, 0.15) is 5.69 Å². The van der Waals surface area contributed by atoms with Crippen molar-refractivity contribution >= 4 is 0 Å². The van der Waals surface area contributed by atoms with Gasteiger partial charge >= 0.3 is 0 Å². The molecular weight excluding hydrogens is 264 g/mol. The zero-order chi connectivity index (χ0) is 15.1. The summed E-state index contributed by atoms with van der Waals surface area (Å²) in [5.74, 6) is 0. The molecule has 0 radical (unpaired) electrons. The molecule has 21 heavy (non-hydrogen) atoms. The third kappa shape index (κ3) is 3.98. The lowest BCUT2D eigenvalue weighted by atomic mass is 10.2. The van der Waals surface area contributed by atoms with Gasteiger partial charge < -0.3 is 5.32 Å². The maximum absolute atomic E-state index is 12.4. The van der Waals surface area contributed by atoms with Crippen LogP contribution in [0.1, 0.15) is 32.3 Å². The molecule has 5 nitrogen and oxygen atoms in total. The van der Waals surface area contributed by atoms with E-state index in [4.69, 9.17) is 0 Å². The van der Waals surface area contributed by atoms with E-state index >= 15 is 0 Å². The van der Waals surface area contributed by atoms with Crippen LogP contribution in [-0.2, 0) is 13.1 Å². The smallest absolute Gasteiger partial charge is 0.271 e. The Kier molecular flexibility index (Phi) is 5.63. The lowest BCUT2D eigenvalue weighted by molar-refractivity contribution is 0.536. The van der Waals surface area contributed by atoms with Crippen molar-refractivity contribution in [1.29, 1.82) is 0 Å². The monoisotopic (exact) mass is 286 g/mol. The molecule has 0 aromatic carbocycles. The summed E-state index contributed by atoms with van der Waals surface area (Å²) in [5, 5.41) is 7.67. The van der Waals surface area contributed by atoms with Crippen LogP contribution in [0.3, 0.4) is 0 Å². The average molecular weight is 286 g/mol. The highest BCUT2D eigenvalue weighted by Crippen LogP contribution is 2.13. The molecule has 0 saturated heterocycles. The number of aryl methyl sites for hydroxylation is 1. The molecule has 0 spiro atoms. The number of aromatic nitrogens is 3. The summed E-state index contributed by atoms with van der Waals surface area (Å²) in [6.07, 6.45) is 3.71. The summed E-state index contributed by atoms with van der Waals surface area (Å²) in [7, 11) is 0. The molecule has 0 unspecified atom stereocenters. The van der Waals surface area contributed by atoms with Crippen molar-refractivity contribution in [2.45, 2.75) is 39.8 Å². The van der Waals surface area contributed by atoms with Crippen LogP contribution in [0.15, 0.2) is 35.3 Å². The first kappa shape index (κ1) is 15.4. The Hall–Kier alpha value is -2.01. The van der Waals surface area contributed by atoms with E-state index in [0.717, 1.165) is 36.3 Å². The molecule has 112 valence electrons. The number of pyridine rings is 1. The summed E-state index contributed by atoms with van der Waals surface area (Å²) >= 11 is 0. The van der Waals surface area contributed by atoms with Crippen molar-refractivity contribution in [1.82, 2.24) is 20.1 Å². The number of nitrogens with zero attached hydrogens (tertiary/aromatic N) is 3. The summed E-state index contributed by atoms with van der Waals surface area (Å²) in [6, 6.07) is 7.55. The van der Waals surface area contributed by atoms with E-state index in [0.29, 0.717) is 13.1 Å². The zero-order valence-corrected chi connectivity index (χ0v) is 12.7. The zero-order valence-electron chi connectivity index (χ0n) is 12.7. The van der Waals surface area contributed by atoms with Crippen LogP contribution < -0.4 is 10.9 Å². The van der Waals surface area contributed by atoms with E-state index in [-0.39, 0.29) is 5.56 Å². The minimum Gasteiger partial charge on any atom is -0.313 e. The van der Waals surface area contributed by atoms with E-state index in [1.54, 1.807) is 10.9 Å². The summed E-state index contributed by atoms with van der Waals surface area (Å²) in [6.45, 7) is 6.16. The molecule has 0 saturated carbocycles. The maximum atomic E-state index is 12.4. The molecular formula is C16H22N4O. The average Bonchev–Trinajstić information content (AvgIpc) is 2.53. The predicted molar refractivity (Wildman–Crippen MR) is 84.0 cm³/mol. The minimum atomic E-state index is -0.0101. The molecule has 2 aromatic rings. The second-order valence-corrected chi connectivity index (χ2v) is 4.93. The molecule has 0 aliphatic heterocycles. The van der Waals surface area contributed by atoms with Crippen LogP contribution in [0.5, 0.6) is 0 Å². The first-order valence-corrected chi connectivity index (χ1v) is 7.49. The Balaban J connectivity index is 2.43. The SMILES string of the molecule is CCCCn1nc(-c2ccccn2)cc(CNCC)c1=O. The fraction of sp³-hybridized carbons (Fsp3) is 0.438. The van der Waals surface area contributed by atoms with Crippen molar-refractivity contribution in [3.05, 3.63) is 46.4 Å². The Labute approximate surface area is 125 Å². The Morgan fingerprint density at radius 1 is 1.24 bits per heavy atom. The molecule has 2 aromatic heterocycles. The topological polar surface area (TPSA) is 59.8 Å². The van der Waals surface area contributed by atoms with Crippen molar-refractivity contribution in [2.24, 2.45) is 0 Å². The number of unbranched alkanes of at least 4 members (excludes halogenated alkanes) is 1. The van der Waals surface area contributed by atoms with Crippen LogP contribution in [0.2, 0.25) is 0 Å². The van der Waals surface area contributed by atoms with E-state index in [1.807, 2.05) is 31.2 Å². The number of hydrogen-bond acceptors (Lipinski definition) is 4. The summed E-state index contributed by atoms with van der Waals surface area (Å²) < 4.78 is 1.57. The molecule has 0 aliphatic rings. The molecule has 2 rings (SSSR count). The number of rotatable bonds is 7. The number of nitrogens with one attached hydrogen (secondary N) is 1. The van der Waals surface area contributed by atoms with Crippen molar-refractivity contribution in [3.63, 3.8) is 0 Å². The van der Waals surface area contributed by atoms with E-state index in [1.165, 1.54) is 0 Å². The molecule has 0 fully saturated rings. The highest BCUT2D eigenvalue weighted by molar-refractivity contribution is 5.53. The van der Waals surface area contributed by atoms with Crippen LogP contribution in [0.4, 0.5) is 0 Å². The molecule has 5 heteroatoms. The lowest BCUT2D eigenvalue weighted by Crippen LogP contribution is -2.29. The van der Waals surface area contributed by atoms with Crippen molar-refractivity contribution in [2.75, 3.05) is 6.54 Å². The van der Waals surface area contributed by atoms with Gasteiger partial charge in [-0.1, -0.05) is 26.3 Å². The second kappa shape index (κ2) is 7.69. The standard InChI is InChI=1S/C16H22N4O/c1-3-5-10-20-16(21)13(12-17-4-2)11-15(19-20)14-8-6-7-9-18-14/h6-9,11,17H,3-5,10,12H2,1-2H3. The van der Waals surface area contributed by atoms with Crippen LogP contribution in [-0.4, -0.2) is 21.3 Å². The lowest BCUT2D eigenvalue weighted by Gasteiger charge is -2.10. The summed E-state index contributed by atoms with van der Waals surface area (Å²) in [4.78, 5) is 16.7. The minimum absolute atomic E-state index is 0.0101. The van der Waals surface area contributed by atoms with Gasteiger partial charge in [-0.25, -0.2) is 4.68 Å². The van der Waals surface area contributed by atoms with Gasteiger partial charge in [0.15, 0.2) is 0 Å². The fourth-order valence-electron chi connectivity index (χ4n) is 2.08. The van der Waals surface area contributed by atoms with Crippen LogP contribution in [0, 0.1) is 0 Å². The third-order valence-corrected chi connectivity index (χ3v) is 3.26. The van der Waals surface area contributed by atoms with E-state index < -0.39 is 0 Å². The highest BCUT2D eigenvalue weighted by Gasteiger charge is 2.10. The molecule has 0 aliphatic carbocycles. The quantitative estimate of drug-likeness (QED) is 0.848. The first-order valence-electron chi connectivity index (χ1n) is 7.49. The van der Waals surface area contributed by atoms with Gasteiger partial charge in [0.2, 0.25) is 0 Å². The number of hydrogen-bond donors (Lipinski definition) is 1. The van der Waals surface area contributed by atoms with Crippen LogP contribution >= 0.6 is 0 Å². The molecule has 0 amide bonds. The molecule has 1 N–H and O–H groups in total.